The van der Waals surface area contributed by atoms with Crippen molar-refractivity contribution in [3.8, 4) is 5.75 Å². The van der Waals surface area contributed by atoms with Gasteiger partial charge in [-0.25, -0.2) is 4.79 Å². The van der Waals surface area contributed by atoms with Crippen LogP contribution in [-0.2, 0) is 28.7 Å². The molecule has 23 heavy (non-hydrogen) atoms. The van der Waals surface area contributed by atoms with Gasteiger partial charge in [0, 0.05) is 18.4 Å². The van der Waals surface area contributed by atoms with Crippen molar-refractivity contribution in [1.29, 1.82) is 0 Å². The molecule has 5 nitrogen and oxygen atoms in total. The zero-order chi connectivity index (χ0) is 16.0. The Morgan fingerprint density at radius 3 is 2.74 bits per heavy atom. The minimum Gasteiger partial charge on any atom is -0.507 e. The zero-order valence-corrected chi connectivity index (χ0v) is 13.2. The molecule has 0 unspecified atom stereocenters. The van der Waals surface area contributed by atoms with Crippen LogP contribution in [0.3, 0.4) is 0 Å². The normalized spacial score (nSPS) is 19.3. The monoisotopic (exact) mass is 316 g/mol. The Hall–Kier alpha value is -1.85. The van der Waals surface area contributed by atoms with Gasteiger partial charge >= 0.3 is 5.63 Å². The molecular formula is C18H20O5. The van der Waals surface area contributed by atoms with E-state index in [0.717, 1.165) is 24.0 Å². The van der Waals surface area contributed by atoms with Crippen LogP contribution in [0.25, 0.3) is 11.0 Å². The van der Waals surface area contributed by atoms with Gasteiger partial charge in [0.25, 0.3) is 0 Å². The van der Waals surface area contributed by atoms with Gasteiger partial charge in [0.15, 0.2) is 5.79 Å². The van der Waals surface area contributed by atoms with Crippen LogP contribution in [0.4, 0.5) is 0 Å². The standard InChI is InChI=1S/C18H20O5/c1-2-3-11-8-14(19)16-13-10-18(21-6-7-22-18)5-4-12(13)17(20)23-15(16)9-11/h8-9,19H,2-7,10H2,1H3. The van der Waals surface area contributed by atoms with Crippen LogP contribution >= 0.6 is 0 Å². The van der Waals surface area contributed by atoms with E-state index < -0.39 is 5.79 Å². The molecule has 1 N–H and O–H groups in total. The average Bonchev–Trinajstić information content (AvgIpc) is 2.95. The Kier molecular flexibility index (Phi) is 3.43. The second kappa shape index (κ2) is 5.35. The summed E-state index contributed by atoms with van der Waals surface area (Å²) in [7, 11) is 0. The topological polar surface area (TPSA) is 68.9 Å². The lowest BCUT2D eigenvalue weighted by atomic mass is 9.86. The number of hydrogen-bond acceptors (Lipinski definition) is 5. The van der Waals surface area contributed by atoms with Gasteiger partial charge in [-0.2, -0.15) is 0 Å². The first-order valence-corrected chi connectivity index (χ1v) is 8.20. The summed E-state index contributed by atoms with van der Waals surface area (Å²) in [4.78, 5) is 12.3. The summed E-state index contributed by atoms with van der Waals surface area (Å²) in [6, 6.07) is 3.63. The van der Waals surface area contributed by atoms with E-state index in [1.165, 1.54) is 0 Å². The molecule has 122 valence electrons. The van der Waals surface area contributed by atoms with Crippen LogP contribution in [0.15, 0.2) is 21.3 Å². The van der Waals surface area contributed by atoms with E-state index >= 15 is 0 Å². The first-order valence-electron chi connectivity index (χ1n) is 8.20. The third-order valence-electron chi connectivity index (χ3n) is 4.81. The van der Waals surface area contributed by atoms with E-state index in [4.69, 9.17) is 13.9 Å². The molecule has 1 aliphatic carbocycles. The van der Waals surface area contributed by atoms with Crippen molar-refractivity contribution in [3.05, 3.63) is 39.2 Å². The lowest BCUT2D eigenvalue weighted by molar-refractivity contribution is -0.163. The van der Waals surface area contributed by atoms with E-state index in [-0.39, 0.29) is 11.4 Å². The second-order valence-electron chi connectivity index (χ2n) is 6.37. The summed E-state index contributed by atoms with van der Waals surface area (Å²) in [5.41, 5.74) is 2.56. The number of ether oxygens (including phenoxy) is 2. The minimum atomic E-state index is -0.651. The van der Waals surface area contributed by atoms with Gasteiger partial charge in [0.2, 0.25) is 0 Å². The van der Waals surface area contributed by atoms with Crippen molar-refractivity contribution in [2.24, 2.45) is 0 Å². The van der Waals surface area contributed by atoms with Crippen LogP contribution in [0.1, 0.15) is 36.5 Å². The summed E-state index contributed by atoms with van der Waals surface area (Å²) in [6.07, 6.45) is 3.46. The lowest BCUT2D eigenvalue weighted by Gasteiger charge is -2.32. The van der Waals surface area contributed by atoms with Crippen molar-refractivity contribution in [1.82, 2.24) is 0 Å². The van der Waals surface area contributed by atoms with Gasteiger partial charge in [0.1, 0.15) is 11.3 Å². The number of rotatable bonds is 2. The quantitative estimate of drug-likeness (QED) is 0.863. The molecule has 4 rings (SSSR count). The van der Waals surface area contributed by atoms with Crippen molar-refractivity contribution in [2.45, 2.75) is 44.8 Å². The Balaban J connectivity index is 1.92. The van der Waals surface area contributed by atoms with Crippen LogP contribution in [0, 0.1) is 0 Å². The largest absolute Gasteiger partial charge is 0.507 e. The summed E-state index contributed by atoms with van der Waals surface area (Å²) in [5, 5.41) is 11.1. The summed E-state index contributed by atoms with van der Waals surface area (Å²) < 4.78 is 17.1. The van der Waals surface area contributed by atoms with E-state index in [9.17, 15) is 9.90 Å². The highest BCUT2D eigenvalue weighted by molar-refractivity contribution is 5.88. The molecule has 1 spiro atoms. The van der Waals surface area contributed by atoms with E-state index in [1.54, 1.807) is 6.07 Å². The molecule has 2 aliphatic rings. The highest BCUT2D eigenvalue weighted by atomic mass is 16.7. The Morgan fingerprint density at radius 2 is 2.00 bits per heavy atom. The zero-order valence-electron chi connectivity index (χ0n) is 13.2. The molecule has 1 aromatic heterocycles. The number of hydrogen-bond donors (Lipinski definition) is 1. The first kappa shape index (κ1) is 14.7. The van der Waals surface area contributed by atoms with Crippen LogP contribution < -0.4 is 5.63 Å². The van der Waals surface area contributed by atoms with E-state index in [1.807, 2.05) is 6.07 Å². The molecule has 0 radical (unpaired) electrons. The number of benzene rings is 1. The third-order valence-corrected chi connectivity index (χ3v) is 4.81. The molecular weight excluding hydrogens is 296 g/mol. The van der Waals surface area contributed by atoms with Gasteiger partial charge in [-0.05, 0) is 36.1 Å². The lowest BCUT2D eigenvalue weighted by Crippen LogP contribution is -2.38. The molecule has 2 heterocycles. The maximum absolute atomic E-state index is 12.3. The van der Waals surface area contributed by atoms with Crippen molar-refractivity contribution in [3.63, 3.8) is 0 Å². The van der Waals surface area contributed by atoms with Gasteiger partial charge in [-0.3, -0.25) is 0 Å². The van der Waals surface area contributed by atoms with E-state index in [0.29, 0.717) is 49.0 Å². The average molecular weight is 316 g/mol. The number of phenolic OH excluding ortho intramolecular Hbond substituents is 1. The van der Waals surface area contributed by atoms with E-state index in [2.05, 4.69) is 6.92 Å². The fourth-order valence-electron chi connectivity index (χ4n) is 3.77. The molecule has 1 fully saturated rings. The van der Waals surface area contributed by atoms with Crippen LogP contribution in [0.2, 0.25) is 0 Å². The highest BCUT2D eigenvalue weighted by Gasteiger charge is 2.42. The fraction of sp³-hybridized carbons (Fsp3) is 0.500. The number of phenols is 1. The van der Waals surface area contributed by atoms with Gasteiger partial charge < -0.3 is 19.0 Å². The second-order valence-corrected chi connectivity index (χ2v) is 6.37. The van der Waals surface area contributed by atoms with Crippen LogP contribution in [0.5, 0.6) is 5.75 Å². The molecule has 1 aromatic carbocycles. The SMILES string of the molecule is CCCc1cc(O)c2c3c(c(=O)oc2c1)CCC1(C3)OCCO1. The van der Waals surface area contributed by atoms with Gasteiger partial charge in [-0.1, -0.05) is 13.3 Å². The maximum atomic E-state index is 12.3. The molecule has 0 bridgehead atoms. The molecule has 0 saturated carbocycles. The first-order chi connectivity index (χ1) is 11.1. The highest BCUT2D eigenvalue weighted by Crippen LogP contribution is 2.40. The molecule has 0 atom stereocenters. The van der Waals surface area contributed by atoms with Gasteiger partial charge in [-0.15, -0.1) is 0 Å². The predicted molar refractivity (Wildman–Crippen MR) is 84.8 cm³/mol. The Morgan fingerprint density at radius 1 is 1.22 bits per heavy atom. The number of aryl methyl sites for hydroxylation is 1. The van der Waals surface area contributed by atoms with Crippen molar-refractivity contribution < 1.29 is 19.0 Å². The van der Waals surface area contributed by atoms with Crippen LogP contribution in [-0.4, -0.2) is 24.1 Å². The molecule has 1 aliphatic heterocycles. The molecule has 2 aromatic rings. The van der Waals surface area contributed by atoms with Gasteiger partial charge in [0.05, 0.1) is 18.6 Å². The number of fused-ring (bicyclic) bond motifs is 3. The summed E-state index contributed by atoms with van der Waals surface area (Å²) >= 11 is 0. The Bertz CT molecular complexity index is 814. The van der Waals surface area contributed by atoms with Crippen molar-refractivity contribution >= 4 is 11.0 Å². The van der Waals surface area contributed by atoms with Crippen molar-refractivity contribution in [2.75, 3.05) is 13.2 Å². The number of aromatic hydroxyl groups is 1. The molecule has 5 heteroatoms. The fourth-order valence-corrected chi connectivity index (χ4v) is 3.77. The minimum absolute atomic E-state index is 0.168. The third kappa shape index (κ3) is 2.35. The molecule has 0 amide bonds. The summed E-state index contributed by atoms with van der Waals surface area (Å²) in [5.74, 6) is -0.483. The summed E-state index contributed by atoms with van der Waals surface area (Å²) in [6.45, 7) is 3.21. The smallest absolute Gasteiger partial charge is 0.339 e. The predicted octanol–water partition coefficient (Wildman–Crippen LogP) is 2.68. The maximum Gasteiger partial charge on any atom is 0.339 e. The molecule has 1 saturated heterocycles. The Labute approximate surface area is 133 Å².